The van der Waals surface area contributed by atoms with Crippen molar-refractivity contribution in [2.45, 2.75) is 43.9 Å². The van der Waals surface area contributed by atoms with Gasteiger partial charge in [0.25, 0.3) is 0 Å². The first-order valence-electron chi connectivity index (χ1n) is 11.4. The summed E-state index contributed by atoms with van der Waals surface area (Å²) in [5.41, 5.74) is 3.29. The minimum absolute atomic E-state index is 0.0139. The third-order valence-corrected chi connectivity index (χ3v) is 8.06. The Labute approximate surface area is 195 Å². The molecule has 2 amide bonds. The molecule has 0 aromatic heterocycles. The van der Waals surface area contributed by atoms with Crippen molar-refractivity contribution < 1.29 is 18.0 Å². The van der Waals surface area contributed by atoms with Crippen molar-refractivity contribution in [2.75, 3.05) is 41.7 Å². The van der Waals surface area contributed by atoms with Crippen LogP contribution in [-0.2, 0) is 26.0 Å². The summed E-state index contributed by atoms with van der Waals surface area (Å²) in [5, 5.41) is 5.90. The molecule has 2 aromatic rings. The average molecular weight is 471 g/mol. The summed E-state index contributed by atoms with van der Waals surface area (Å²) < 4.78 is 27.3. The van der Waals surface area contributed by atoms with Crippen molar-refractivity contribution in [3.05, 3.63) is 48.0 Å². The van der Waals surface area contributed by atoms with E-state index in [4.69, 9.17) is 0 Å². The Balaban J connectivity index is 1.32. The van der Waals surface area contributed by atoms with Crippen molar-refractivity contribution in [3.8, 4) is 0 Å². The van der Waals surface area contributed by atoms with Gasteiger partial charge < -0.3 is 15.5 Å². The first-order chi connectivity index (χ1) is 15.8. The molecule has 0 unspecified atom stereocenters. The lowest BCUT2D eigenvalue weighted by Gasteiger charge is -2.20. The molecule has 0 bridgehead atoms. The number of carbonyl (C=O) groups excluding carboxylic acids is 2. The van der Waals surface area contributed by atoms with Crippen molar-refractivity contribution in [1.82, 2.24) is 4.31 Å². The smallest absolute Gasteiger partial charge is 0.243 e. The Kier molecular flexibility index (Phi) is 6.99. The lowest BCUT2D eigenvalue weighted by Crippen LogP contribution is -2.31. The van der Waals surface area contributed by atoms with Crippen LogP contribution in [0.15, 0.2) is 47.4 Å². The van der Waals surface area contributed by atoms with Gasteiger partial charge in [0.1, 0.15) is 0 Å². The highest BCUT2D eigenvalue weighted by Gasteiger charge is 2.25. The SMILES string of the molecule is CC(=O)N1CCc2cc(NC(=O)CNc3ccc(S(=O)(=O)N4CCCCCC4)cc3)ccc21. The Morgan fingerprint density at radius 1 is 0.909 bits per heavy atom. The number of nitrogens with one attached hydrogen (secondary N) is 2. The second-order valence-electron chi connectivity index (χ2n) is 8.51. The highest BCUT2D eigenvalue weighted by molar-refractivity contribution is 7.89. The standard InChI is InChI=1S/C24H30N4O4S/c1-18(29)28-15-12-19-16-21(8-11-23(19)28)26-24(30)17-25-20-6-9-22(10-7-20)33(31,32)27-13-4-2-3-5-14-27/h6-11,16,25H,2-5,12-15,17H2,1H3,(H,26,30). The summed E-state index contributed by atoms with van der Waals surface area (Å²) in [6, 6.07) is 12.1. The van der Waals surface area contributed by atoms with Gasteiger partial charge in [-0.05, 0) is 67.3 Å². The van der Waals surface area contributed by atoms with Crippen LogP contribution >= 0.6 is 0 Å². The molecular formula is C24H30N4O4S. The molecule has 2 aliphatic heterocycles. The molecule has 0 atom stereocenters. The third kappa shape index (κ3) is 5.36. The van der Waals surface area contributed by atoms with Crippen LogP contribution in [0.3, 0.4) is 0 Å². The topological polar surface area (TPSA) is 98.8 Å². The Bertz CT molecular complexity index is 1120. The fourth-order valence-electron chi connectivity index (χ4n) is 4.37. The number of hydrogen-bond donors (Lipinski definition) is 2. The summed E-state index contributed by atoms with van der Waals surface area (Å²) >= 11 is 0. The molecule has 0 spiro atoms. The van der Waals surface area contributed by atoms with E-state index < -0.39 is 10.0 Å². The van der Waals surface area contributed by atoms with Crippen molar-refractivity contribution >= 4 is 38.9 Å². The Hall–Kier alpha value is -2.91. The maximum atomic E-state index is 12.9. The van der Waals surface area contributed by atoms with Gasteiger partial charge >= 0.3 is 0 Å². The van der Waals surface area contributed by atoms with E-state index >= 15 is 0 Å². The molecule has 9 heteroatoms. The van der Waals surface area contributed by atoms with Crippen molar-refractivity contribution in [3.63, 3.8) is 0 Å². The second kappa shape index (κ2) is 9.93. The number of amides is 2. The van der Waals surface area contributed by atoms with E-state index in [-0.39, 0.29) is 23.3 Å². The number of carbonyl (C=O) groups is 2. The maximum Gasteiger partial charge on any atom is 0.243 e. The zero-order chi connectivity index (χ0) is 23.4. The fraction of sp³-hybridized carbons (Fsp3) is 0.417. The molecule has 0 aliphatic carbocycles. The van der Waals surface area contributed by atoms with Crippen LogP contribution in [0, 0.1) is 0 Å². The summed E-state index contributed by atoms with van der Waals surface area (Å²) in [5.74, 6) is -0.197. The highest BCUT2D eigenvalue weighted by atomic mass is 32.2. The minimum atomic E-state index is -3.49. The zero-order valence-electron chi connectivity index (χ0n) is 18.8. The van der Waals surface area contributed by atoms with Gasteiger partial charge in [-0.25, -0.2) is 8.42 Å². The molecule has 2 N–H and O–H groups in total. The largest absolute Gasteiger partial charge is 0.376 e. The number of sulfonamides is 1. The zero-order valence-corrected chi connectivity index (χ0v) is 19.7. The van der Waals surface area contributed by atoms with Crippen LogP contribution in [0.25, 0.3) is 0 Å². The number of nitrogens with zero attached hydrogens (tertiary/aromatic N) is 2. The van der Waals surface area contributed by atoms with E-state index in [0.29, 0.717) is 31.0 Å². The Morgan fingerprint density at radius 3 is 2.24 bits per heavy atom. The summed E-state index contributed by atoms with van der Waals surface area (Å²) in [7, 11) is -3.49. The van der Waals surface area contributed by atoms with Gasteiger partial charge in [-0.1, -0.05) is 12.8 Å². The monoisotopic (exact) mass is 470 g/mol. The van der Waals surface area contributed by atoms with Gasteiger partial charge in [-0.15, -0.1) is 0 Å². The van der Waals surface area contributed by atoms with Crippen LogP contribution in [0.2, 0.25) is 0 Å². The lowest BCUT2D eigenvalue weighted by molar-refractivity contribution is -0.116. The van der Waals surface area contributed by atoms with Crippen LogP contribution in [0.1, 0.15) is 38.2 Å². The second-order valence-corrected chi connectivity index (χ2v) is 10.4. The lowest BCUT2D eigenvalue weighted by atomic mass is 10.1. The predicted molar refractivity (Wildman–Crippen MR) is 129 cm³/mol. The predicted octanol–water partition coefficient (Wildman–Crippen LogP) is 3.21. The summed E-state index contributed by atoms with van der Waals surface area (Å²) in [4.78, 5) is 26.1. The summed E-state index contributed by atoms with van der Waals surface area (Å²) in [6.45, 7) is 3.39. The number of anilines is 3. The van der Waals surface area contributed by atoms with Crippen LogP contribution in [0.4, 0.5) is 17.1 Å². The van der Waals surface area contributed by atoms with Gasteiger partial charge in [-0.3, -0.25) is 9.59 Å². The normalized spacial score (nSPS) is 16.7. The molecule has 176 valence electrons. The van der Waals surface area contributed by atoms with E-state index in [9.17, 15) is 18.0 Å². The maximum absolute atomic E-state index is 12.9. The molecule has 0 saturated carbocycles. The molecule has 2 aromatic carbocycles. The van der Waals surface area contributed by atoms with Gasteiger partial charge in [0.15, 0.2) is 0 Å². The quantitative estimate of drug-likeness (QED) is 0.676. The molecule has 8 nitrogen and oxygen atoms in total. The molecular weight excluding hydrogens is 440 g/mol. The first kappa shape index (κ1) is 23.3. The molecule has 33 heavy (non-hydrogen) atoms. The number of fused-ring (bicyclic) bond motifs is 1. The van der Waals surface area contributed by atoms with Crippen LogP contribution in [-0.4, -0.2) is 50.7 Å². The number of benzene rings is 2. The van der Waals surface area contributed by atoms with E-state index in [0.717, 1.165) is 43.4 Å². The molecule has 2 heterocycles. The van der Waals surface area contributed by atoms with E-state index in [2.05, 4.69) is 10.6 Å². The number of hydrogen-bond acceptors (Lipinski definition) is 5. The van der Waals surface area contributed by atoms with Crippen LogP contribution in [0.5, 0.6) is 0 Å². The average Bonchev–Trinajstić information content (AvgIpc) is 3.02. The molecule has 2 aliphatic rings. The Morgan fingerprint density at radius 2 is 1.58 bits per heavy atom. The van der Waals surface area contributed by atoms with Crippen LogP contribution < -0.4 is 15.5 Å². The molecule has 1 fully saturated rings. The van der Waals surface area contributed by atoms with Gasteiger partial charge in [0.05, 0.1) is 11.4 Å². The number of rotatable bonds is 6. The van der Waals surface area contributed by atoms with E-state index in [1.54, 1.807) is 46.5 Å². The van der Waals surface area contributed by atoms with E-state index in [1.165, 1.54) is 0 Å². The van der Waals surface area contributed by atoms with Crippen molar-refractivity contribution in [2.24, 2.45) is 0 Å². The molecule has 4 rings (SSSR count). The minimum Gasteiger partial charge on any atom is -0.376 e. The third-order valence-electron chi connectivity index (χ3n) is 6.15. The van der Waals surface area contributed by atoms with E-state index in [1.807, 2.05) is 12.1 Å². The first-order valence-corrected chi connectivity index (χ1v) is 12.8. The molecule has 1 saturated heterocycles. The van der Waals surface area contributed by atoms with Gasteiger partial charge in [-0.2, -0.15) is 4.31 Å². The highest BCUT2D eigenvalue weighted by Crippen LogP contribution is 2.30. The van der Waals surface area contributed by atoms with Gasteiger partial charge in [0.2, 0.25) is 21.8 Å². The summed E-state index contributed by atoms with van der Waals surface area (Å²) in [6.07, 6.45) is 4.70. The fourth-order valence-corrected chi connectivity index (χ4v) is 5.89. The van der Waals surface area contributed by atoms with Gasteiger partial charge in [0, 0.05) is 43.6 Å². The molecule has 0 radical (unpaired) electrons. The van der Waals surface area contributed by atoms with Crippen molar-refractivity contribution in [1.29, 1.82) is 0 Å².